The third kappa shape index (κ3) is 2.46. The van der Waals surface area contributed by atoms with E-state index >= 15 is 0 Å². The zero-order valence-corrected chi connectivity index (χ0v) is 11.7. The zero-order valence-electron chi connectivity index (χ0n) is 10.8. The first-order valence-electron chi connectivity index (χ1n) is 6.13. The van der Waals surface area contributed by atoms with E-state index in [2.05, 4.69) is 0 Å². The third-order valence-electron chi connectivity index (χ3n) is 3.05. The van der Waals surface area contributed by atoms with Crippen LogP contribution in [0.4, 0.5) is 0 Å². The molecule has 19 heavy (non-hydrogen) atoms. The van der Waals surface area contributed by atoms with Crippen LogP contribution in [0.25, 0.3) is 10.1 Å². The van der Waals surface area contributed by atoms with Crippen molar-refractivity contribution >= 4 is 33.3 Å². The molecule has 0 spiro atoms. The van der Waals surface area contributed by atoms with E-state index in [9.17, 15) is 9.59 Å². The maximum absolute atomic E-state index is 12.4. The molecule has 0 saturated heterocycles. The minimum atomic E-state index is -0.956. The minimum Gasteiger partial charge on any atom is -0.477 e. The number of carbonyl (C=O) groups is 2. The summed E-state index contributed by atoms with van der Waals surface area (Å²) in [4.78, 5) is 25.4. The van der Waals surface area contributed by atoms with Gasteiger partial charge in [0, 0.05) is 28.7 Å². The third-order valence-corrected chi connectivity index (χ3v) is 4.14. The van der Waals surface area contributed by atoms with E-state index in [1.54, 1.807) is 23.1 Å². The number of carboxylic acids is 1. The van der Waals surface area contributed by atoms with Crippen LogP contribution in [0.3, 0.4) is 0 Å². The Hall–Kier alpha value is -1.88. The summed E-state index contributed by atoms with van der Waals surface area (Å²) in [6.45, 7) is 5.14. The number of carbonyl (C=O) groups excluding carboxylic acids is 1. The molecule has 5 heteroatoms. The fourth-order valence-electron chi connectivity index (χ4n) is 2.03. The molecule has 1 N–H and O–H groups in total. The summed E-state index contributed by atoms with van der Waals surface area (Å²) in [6, 6.07) is 6.97. The number of nitrogens with zero attached hydrogens (tertiary/aromatic N) is 1. The van der Waals surface area contributed by atoms with Crippen molar-refractivity contribution in [3.8, 4) is 0 Å². The molecule has 0 saturated carbocycles. The van der Waals surface area contributed by atoms with Gasteiger partial charge in [-0.2, -0.15) is 0 Å². The van der Waals surface area contributed by atoms with Gasteiger partial charge in [-0.1, -0.05) is 6.07 Å². The Kier molecular flexibility index (Phi) is 3.85. The second-order valence-electron chi connectivity index (χ2n) is 4.11. The average Bonchev–Trinajstić information content (AvgIpc) is 2.83. The predicted octanol–water partition coefficient (Wildman–Crippen LogP) is 3.08. The standard InChI is InChI=1S/C14H15NO3S/c1-3-15(4-2)13(16)9-6-5-7-11-10(9)8-12(19-11)14(17)18/h5-8H,3-4H2,1-2H3,(H,17,18). The van der Waals surface area contributed by atoms with Crippen molar-refractivity contribution in [2.75, 3.05) is 13.1 Å². The van der Waals surface area contributed by atoms with Crippen molar-refractivity contribution in [1.82, 2.24) is 4.90 Å². The summed E-state index contributed by atoms with van der Waals surface area (Å²) < 4.78 is 0.829. The summed E-state index contributed by atoms with van der Waals surface area (Å²) in [5.74, 6) is -1.01. The van der Waals surface area contributed by atoms with Crippen LogP contribution in [0.2, 0.25) is 0 Å². The van der Waals surface area contributed by atoms with E-state index < -0.39 is 5.97 Å². The number of amides is 1. The van der Waals surface area contributed by atoms with Gasteiger partial charge < -0.3 is 10.0 Å². The molecule has 0 atom stereocenters. The quantitative estimate of drug-likeness (QED) is 0.934. The van der Waals surface area contributed by atoms with E-state index in [-0.39, 0.29) is 10.8 Å². The van der Waals surface area contributed by atoms with Crippen LogP contribution in [-0.2, 0) is 0 Å². The van der Waals surface area contributed by atoms with Crippen LogP contribution in [0.1, 0.15) is 33.9 Å². The molecule has 0 aliphatic heterocycles. The molecule has 0 aliphatic rings. The number of carboxylic acid groups (broad SMARTS) is 1. The van der Waals surface area contributed by atoms with Gasteiger partial charge in [-0.15, -0.1) is 11.3 Å². The van der Waals surface area contributed by atoms with Gasteiger partial charge >= 0.3 is 5.97 Å². The molecule has 4 nitrogen and oxygen atoms in total. The number of rotatable bonds is 4. The van der Waals surface area contributed by atoms with E-state index in [1.165, 1.54) is 11.3 Å². The van der Waals surface area contributed by atoms with Gasteiger partial charge in [0.25, 0.3) is 5.91 Å². The molecule has 0 bridgehead atoms. The highest BCUT2D eigenvalue weighted by molar-refractivity contribution is 7.20. The van der Waals surface area contributed by atoms with Crippen LogP contribution in [0, 0.1) is 0 Å². The Bertz CT molecular complexity index is 629. The molecule has 1 heterocycles. The fraction of sp³-hybridized carbons (Fsp3) is 0.286. The van der Waals surface area contributed by atoms with E-state index in [1.807, 2.05) is 19.9 Å². The first-order chi connectivity index (χ1) is 9.08. The molecule has 1 amide bonds. The number of aromatic carboxylic acids is 1. The van der Waals surface area contributed by atoms with Gasteiger partial charge in [-0.05, 0) is 32.0 Å². The normalized spacial score (nSPS) is 10.6. The Morgan fingerprint density at radius 3 is 2.53 bits per heavy atom. The lowest BCUT2D eigenvalue weighted by Crippen LogP contribution is -2.30. The van der Waals surface area contributed by atoms with Crippen LogP contribution in [-0.4, -0.2) is 35.0 Å². The lowest BCUT2D eigenvalue weighted by atomic mass is 10.1. The number of benzene rings is 1. The first-order valence-corrected chi connectivity index (χ1v) is 6.95. The molecule has 1 aromatic heterocycles. The van der Waals surface area contributed by atoms with Crippen molar-refractivity contribution in [3.05, 3.63) is 34.7 Å². The highest BCUT2D eigenvalue weighted by Crippen LogP contribution is 2.29. The van der Waals surface area contributed by atoms with Gasteiger partial charge in [0.05, 0.1) is 0 Å². The molecule has 2 aromatic rings. The summed E-state index contributed by atoms with van der Waals surface area (Å²) in [5, 5.41) is 9.76. The number of fused-ring (bicyclic) bond motifs is 1. The molecule has 100 valence electrons. The number of hydrogen-bond donors (Lipinski definition) is 1. The average molecular weight is 277 g/mol. The lowest BCUT2D eigenvalue weighted by molar-refractivity contribution is 0.0700. The van der Waals surface area contributed by atoms with E-state index in [4.69, 9.17) is 5.11 Å². The molecule has 0 fully saturated rings. The Morgan fingerprint density at radius 2 is 1.95 bits per heavy atom. The molecular formula is C14H15NO3S. The van der Waals surface area contributed by atoms with Crippen molar-refractivity contribution in [3.63, 3.8) is 0 Å². The molecular weight excluding hydrogens is 262 g/mol. The summed E-state index contributed by atoms with van der Waals surface area (Å²) in [5.41, 5.74) is 0.574. The summed E-state index contributed by atoms with van der Waals surface area (Å²) in [7, 11) is 0. The first kappa shape index (κ1) is 13.5. The van der Waals surface area contributed by atoms with E-state index in [0.717, 1.165) is 10.1 Å². The van der Waals surface area contributed by atoms with Gasteiger partial charge in [0.2, 0.25) is 0 Å². The Balaban J connectivity index is 2.54. The monoisotopic (exact) mass is 277 g/mol. The molecule has 1 aromatic carbocycles. The van der Waals surface area contributed by atoms with Gasteiger partial charge in [0.15, 0.2) is 0 Å². The predicted molar refractivity (Wildman–Crippen MR) is 76.0 cm³/mol. The van der Waals surface area contributed by atoms with Crippen LogP contribution < -0.4 is 0 Å². The zero-order chi connectivity index (χ0) is 14.0. The highest BCUT2D eigenvalue weighted by Gasteiger charge is 2.18. The van der Waals surface area contributed by atoms with Crippen molar-refractivity contribution in [1.29, 1.82) is 0 Å². The largest absolute Gasteiger partial charge is 0.477 e. The summed E-state index contributed by atoms with van der Waals surface area (Å²) >= 11 is 1.19. The van der Waals surface area contributed by atoms with Crippen molar-refractivity contribution in [2.45, 2.75) is 13.8 Å². The SMILES string of the molecule is CCN(CC)C(=O)c1cccc2sc(C(=O)O)cc12. The van der Waals surface area contributed by atoms with Gasteiger partial charge in [-0.25, -0.2) is 4.79 Å². The maximum Gasteiger partial charge on any atom is 0.345 e. The molecule has 0 radical (unpaired) electrons. The van der Waals surface area contributed by atoms with Crippen molar-refractivity contribution in [2.24, 2.45) is 0 Å². The van der Waals surface area contributed by atoms with E-state index in [0.29, 0.717) is 18.7 Å². The Morgan fingerprint density at radius 1 is 1.26 bits per heavy atom. The highest BCUT2D eigenvalue weighted by atomic mass is 32.1. The second-order valence-corrected chi connectivity index (χ2v) is 5.19. The smallest absolute Gasteiger partial charge is 0.345 e. The van der Waals surface area contributed by atoms with Gasteiger partial charge in [-0.3, -0.25) is 4.79 Å². The second kappa shape index (κ2) is 5.40. The van der Waals surface area contributed by atoms with Gasteiger partial charge in [0.1, 0.15) is 4.88 Å². The minimum absolute atomic E-state index is 0.0506. The summed E-state index contributed by atoms with van der Waals surface area (Å²) in [6.07, 6.45) is 0. The van der Waals surface area contributed by atoms with Crippen LogP contribution in [0.15, 0.2) is 24.3 Å². The van der Waals surface area contributed by atoms with Crippen LogP contribution >= 0.6 is 11.3 Å². The fourth-order valence-corrected chi connectivity index (χ4v) is 2.96. The number of thiophene rings is 1. The number of hydrogen-bond acceptors (Lipinski definition) is 3. The molecule has 2 rings (SSSR count). The van der Waals surface area contributed by atoms with Crippen molar-refractivity contribution < 1.29 is 14.7 Å². The molecule has 0 unspecified atom stereocenters. The Labute approximate surface area is 115 Å². The van der Waals surface area contributed by atoms with Crippen LogP contribution in [0.5, 0.6) is 0 Å². The lowest BCUT2D eigenvalue weighted by Gasteiger charge is -2.18. The maximum atomic E-state index is 12.4. The molecule has 0 aliphatic carbocycles. The topological polar surface area (TPSA) is 57.6 Å².